The highest BCUT2D eigenvalue weighted by molar-refractivity contribution is 5.81. The highest BCUT2D eigenvalue weighted by Crippen LogP contribution is 2.43. The van der Waals surface area contributed by atoms with E-state index >= 15 is 0 Å². The lowest BCUT2D eigenvalue weighted by molar-refractivity contribution is -0.140. The molecular formula is C23H32N4O2. The van der Waals surface area contributed by atoms with Crippen molar-refractivity contribution in [1.82, 2.24) is 20.0 Å². The summed E-state index contributed by atoms with van der Waals surface area (Å²) in [5.41, 5.74) is 4.04. The first-order valence-electron chi connectivity index (χ1n) is 11.7. The Hall–Kier alpha value is -1.82. The van der Waals surface area contributed by atoms with E-state index in [1.807, 2.05) is 6.20 Å². The van der Waals surface area contributed by atoms with Gasteiger partial charge in [-0.05, 0) is 63.4 Å². The molecule has 0 radical (unpaired) electrons. The van der Waals surface area contributed by atoms with Crippen molar-refractivity contribution >= 4 is 5.91 Å². The number of aromatic amines is 1. The van der Waals surface area contributed by atoms with Crippen LogP contribution in [0.1, 0.15) is 56.2 Å². The Bertz CT molecular complexity index is 810. The number of allylic oxidation sites excluding steroid dienone is 2. The normalized spacial score (nSPS) is 33.5. The maximum atomic E-state index is 13.9. The number of hydrogen-bond acceptors (Lipinski definition) is 4. The van der Waals surface area contributed by atoms with E-state index in [0.29, 0.717) is 30.0 Å². The van der Waals surface area contributed by atoms with E-state index in [9.17, 15) is 4.79 Å². The van der Waals surface area contributed by atoms with Gasteiger partial charge in [-0.15, -0.1) is 0 Å². The minimum atomic E-state index is 0.175. The topological polar surface area (TPSA) is 61.5 Å². The van der Waals surface area contributed by atoms with Gasteiger partial charge in [-0.3, -0.25) is 9.89 Å². The lowest BCUT2D eigenvalue weighted by Gasteiger charge is -2.40. The molecule has 1 aromatic heterocycles. The van der Waals surface area contributed by atoms with Crippen molar-refractivity contribution < 1.29 is 9.53 Å². The van der Waals surface area contributed by atoms with Crippen LogP contribution < -0.4 is 0 Å². The summed E-state index contributed by atoms with van der Waals surface area (Å²) < 4.78 is 5.67. The second-order valence-electron chi connectivity index (χ2n) is 9.68. The van der Waals surface area contributed by atoms with E-state index in [2.05, 4.69) is 26.1 Å². The number of aromatic nitrogens is 2. The first kappa shape index (κ1) is 18.0. The van der Waals surface area contributed by atoms with Gasteiger partial charge in [-0.1, -0.05) is 6.08 Å². The van der Waals surface area contributed by atoms with Crippen LogP contribution in [0.4, 0.5) is 0 Å². The highest BCUT2D eigenvalue weighted by atomic mass is 16.5. The fraction of sp³-hybridized carbons (Fsp3) is 0.739. The number of fused-ring (bicyclic) bond motifs is 2. The van der Waals surface area contributed by atoms with Gasteiger partial charge >= 0.3 is 0 Å². The minimum Gasteiger partial charge on any atom is -0.376 e. The van der Waals surface area contributed by atoms with Crippen molar-refractivity contribution in [2.75, 3.05) is 19.7 Å². The van der Waals surface area contributed by atoms with Crippen LogP contribution in [0.25, 0.3) is 0 Å². The van der Waals surface area contributed by atoms with Gasteiger partial charge in [0.25, 0.3) is 0 Å². The molecular weight excluding hydrogens is 364 g/mol. The van der Waals surface area contributed by atoms with Gasteiger partial charge in [-0.25, -0.2) is 0 Å². The summed E-state index contributed by atoms with van der Waals surface area (Å²) in [6, 6.07) is 0.839. The number of rotatable bonds is 5. The SMILES string of the molecule is O=C(C1CCC=C2C1CCN2CC1CCO1)N(C1CC1)C1CCc2[nH]ncc2C1. The monoisotopic (exact) mass is 396 g/mol. The molecule has 1 saturated carbocycles. The molecule has 1 amide bonds. The van der Waals surface area contributed by atoms with Crippen LogP contribution in [0.2, 0.25) is 0 Å². The molecule has 4 unspecified atom stereocenters. The van der Waals surface area contributed by atoms with Crippen LogP contribution in [-0.4, -0.2) is 63.8 Å². The van der Waals surface area contributed by atoms with E-state index < -0.39 is 0 Å². The van der Waals surface area contributed by atoms with Crippen molar-refractivity contribution in [3.8, 4) is 0 Å². The predicted octanol–water partition coefficient (Wildman–Crippen LogP) is 2.66. The minimum absolute atomic E-state index is 0.175. The second kappa shape index (κ2) is 7.15. The van der Waals surface area contributed by atoms with Crippen LogP contribution in [0.3, 0.4) is 0 Å². The molecule has 2 saturated heterocycles. The van der Waals surface area contributed by atoms with Crippen LogP contribution >= 0.6 is 0 Å². The Morgan fingerprint density at radius 1 is 1.21 bits per heavy atom. The number of ether oxygens (including phenoxy) is 1. The molecule has 2 aliphatic heterocycles. The Kier molecular flexibility index (Phi) is 4.44. The molecule has 4 atom stereocenters. The molecule has 0 spiro atoms. The zero-order chi connectivity index (χ0) is 19.4. The molecule has 6 nitrogen and oxygen atoms in total. The smallest absolute Gasteiger partial charge is 0.226 e. The van der Waals surface area contributed by atoms with Gasteiger partial charge in [0.15, 0.2) is 0 Å². The molecule has 0 aromatic carbocycles. The van der Waals surface area contributed by atoms with E-state index in [1.54, 1.807) is 0 Å². The van der Waals surface area contributed by atoms with E-state index in [4.69, 9.17) is 4.74 Å². The first-order chi connectivity index (χ1) is 14.3. The summed E-state index contributed by atoms with van der Waals surface area (Å²) in [4.78, 5) is 18.8. The summed E-state index contributed by atoms with van der Waals surface area (Å²) in [6.45, 7) is 3.02. The second-order valence-corrected chi connectivity index (χ2v) is 9.68. The Morgan fingerprint density at radius 2 is 2.10 bits per heavy atom. The molecule has 29 heavy (non-hydrogen) atoms. The maximum absolute atomic E-state index is 13.9. The number of likely N-dealkylation sites (tertiary alicyclic amines) is 1. The van der Waals surface area contributed by atoms with Crippen molar-refractivity contribution in [2.45, 2.75) is 76.0 Å². The largest absolute Gasteiger partial charge is 0.376 e. The number of H-pyrrole nitrogens is 1. The quantitative estimate of drug-likeness (QED) is 0.831. The maximum Gasteiger partial charge on any atom is 0.226 e. The number of carbonyl (C=O) groups is 1. The van der Waals surface area contributed by atoms with Gasteiger partial charge in [-0.2, -0.15) is 5.10 Å². The zero-order valence-corrected chi connectivity index (χ0v) is 17.2. The molecule has 5 aliphatic rings. The zero-order valence-electron chi connectivity index (χ0n) is 17.2. The fourth-order valence-electron chi connectivity index (χ4n) is 6.11. The summed E-state index contributed by atoms with van der Waals surface area (Å²) >= 11 is 0. The average molecular weight is 397 g/mol. The standard InChI is InChI=1S/C23H32N4O2/c28-23(27(16-4-5-16)17-6-7-21-15(12-17)13-24-25-21)20-2-1-3-22-19(20)8-10-26(22)14-18-9-11-29-18/h3,13,16-20H,1-2,4-12,14H2,(H,24,25). The third kappa shape index (κ3) is 3.20. The summed E-state index contributed by atoms with van der Waals surface area (Å²) in [5.74, 6) is 1.04. The number of aryl methyl sites for hydroxylation is 1. The lowest BCUT2D eigenvalue weighted by Crippen LogP contribution is -2.49. The molecule has 1 aromatic rings. The number of hydrogen-bond donors (Lipinski definition) is 1. The molecule has 3 aliphatic carbocycles. The van der Waals surface area contributed by atoms with Crippen molar-refractivity contribution in [3.05, 3.63) is 29.2 Å². The van der Waals surface area contributed by atoms with Gasteiger partial charge in [0, 0.05) is 55.0 Å². The number of amides is 1. The van der Waals surface area contributed by atoms with Crippen LogP contribution in [0, 0.1) is 11.8 Å². The number of carbonyl (C=O) groups excluding carboxylic acids is 1. The summed E-state index contributed by atoms with van der Waals surface area (Å²) in [5, 5.41) is 7.37. The molecule has 6 rings (SSSR count). The van der Waals surface area contributed by atoms with E-state index in [-0.39, 0.29) is 5.92 Å². The van der Waals surface area contributed by atoms with E-state index in [0.717, 1.165) is 58.2 Å². The van der Waals surface area contributed by atoms with Gasteiger partial charge in [0.05, 0.1) is 12.3 Å². The Balaban J connectivity index is 1.19. The first-order valence-corrected chi connectivity index (χ1v) is 11.7. The fourth-order valence-corrected chi connectivity index (χ4v) is 6.11. The Labute approximate surface area is 172 Å². The molecule has 1 N–H and O–H groups in total. The predicted molar refractivity (Wildman–Crippen MR) is 109 cm³/mol. The molecule has 3 heterocycles. The van der Waals surface area contributed by atoms with Gasteiger partial charge in [0.2, 0.25) is 5.91 Å². The summed E-state index contributed by atoms with van der Waals surface area (Å²) in [6.07, 6.45) is 14.6. The van der Waals surface area contributed by atoms with Crippen LogP contribution in [0.15, 0.2) is 18.0 Å². The molecule has 0 bridgehead atoms. The number of nitrogens with zero attached hydrogens (tertiary/aromatic N) is 3. The van der Waals surface area contributed by atoms with Crippen LogP contribution in [0.5, 0.6) is 0 Å². The highest BCUT2D eigenvalue weighted by Gasteiger charge is 2.46. The van der Waals surface area contributed by atoms with Gasteiger partial charge in [0.1, 0.15) is 0 Å². The average Bonchev–Trinajstić information content (AvgIpc) is 3.27. The van der Waals surface area contributed by atoms with Crippen molar-refractivity contribution in [2.24, 2.45) is 11.8 Å². The Morgan fingerprint density at radius 3 is 2.90 bits per heavy atom. The number of nitrogens with one attached hydrogen (secondary N) is 1. The van der Waals surface area contributed by atoms with Crippen LogP contribution in [-0.2, 0) is 22.4 Å². The summed E-state index contributed by atoms with van der Waals surface area (Å²) in [7, 11) is 0. The molecule has 3 fully saturated rings. The molecule has 156 valence electrons. The van der Waals surface area contributed by atoms with Crippen molar-refractivity contribution in [1.29, 1.82) is 0 Å². The third-order valence-corrected chi connectivity index (χ3v) is 7.89. The lowest BCUT2D eigenvalue weighted by atomic mass is 9.79. The van der Waals surface area contributed by atoms with Gasteiger partial charge < -0.3 is 14.5 Å². The molecule has 6 heteroatoms. The third-order valence-electron chi connectivity index (χ3n) is 7.89. The van der Waals surface area contributed by atoms with Crippen molar-refractivity contribution in [3.63, 3.8) is 0 Å². The van der Waals surface area contributed by atoms with E-state index in [1.165, 1.54) is 36.2 Å².